The fourth-order valence-electron chi connectivity index (χ4n) is 6.69. The molecule has 1 N–H and O–H groups in total. The first-order chi connectivity index (χ1) is 22.8. The molecule has 2 aliphatic carbocycles. The number of nitrogens with zero attached hydrogens (tertiary/aromatic N) is 7. The zero-order valence-corrected chi connectivity index (χ0v) is 27.4. The van der Waals surface area contributed by atoms with Crippen LogP contribution in [-0.2, 0) is 25.9 Å². The number of hydrogen-bond acceptors (Lipinski definition) is 8. The Labute approximate surface area is 286 Å². The van der Waals surface area contributed by atoms with Gasteiger partial charge in [0.15, 0.2) is 0 Å². The van der Waals surface area contributed by atoms with Crippen molar-refractivity contribution >= 4 is 38.9 Å². The van der Waals surface area contributed by atoms with Gasteiger partial charge in [-0.05, 0) is 61.6 Å². The van der Waals surface area contributed by atoms with Crippen molar-refractivity contribution in [3.63, 3.8) is 0 Å². The molecule has 1 aromatic carbocycles. The van der Waals surface area contributed by atoms with E-state index in [1.54, 1.807) is 18.6 Å². The molecule has 5 aliphatic rings. The average Bonchev–Trinajstić information content (AvgIpc) is 3.15. The number of aryl methyl sites for hydroxylation is 1. The van der Waals surface area contributed by atoms with E-state index in [1.807, 2.05) is 49.1 Å². The number of nitrogens with one attached hydrogen (secondary N) is 1. The molecule has 4 aromatic heterocycles. The van der Waals surface area contributed by atoms with E-state index in [9.17, 15) is 0 Å². The summed E-state index contributed by atoms with van der Waals surface area (Å²) in [5, 5.41) is 5.65. The van der Waals surface area contributed by atoms with Crippen LogP contribution in [0, 0.1) is 5.92 Å². The van der Waals surface area contributed by atoms with Crippen LogP contribution in [0.25, 0.3) is 21.8 Å². The van der Waals surface area contributed by atoms with E-state index in [4.69, 9.17) is 0 Å². The zero-order valence-electron chi connectivity index (χ0n) is 25.6. The summed E-state index contributed by atoms with van der Waals surface area (Å²) in [5.74, 6) is 0.613. The monoisotopic (exact) mass is 702 g/mol. The van der Waals surface area contributed by atoms with Crippen LogP contribution in [0.1, 0.15) is 41.8 Å². The molecule has 0 saturated carbocycles. The van der Waals surface area contributed by atoms with Gasteiger partial charge in [0.25, 0.3) is 0 Å². The molecule has 0 fully saturated rings. The van der Waals surface area contributed by atoms with Crippen molar-refractivity contribution in [1.29, 1.82) is 0 Å². The molecule has 0 spiro atoms. The van der Waals surface area contributed by atoms with Gasteiger partial charge in [-0.25, -0.2) is 0 Å². The maximum atomic E-state index is 4.65. The SMILES string of the molecule is C1=CN=C2c3ncccc3CC[C@@H]2C1.C1=CN[C@@H]2C3=CCCN=C3c3ncccc3C2=N1.[Ru].c1cnc2c(c1)ccc1cccnc12. The summed E-state index contributed by atoms with van der Waals surface area (Å²) in [5.41, 5.74) is 11.0. The molecule has 0 unspecified atom stereocenters. The minimum absolute atomic E-state index is 0. The Bertz CT molecular complexity index is 2090. The molecule has 2 atom stereocenters. The molecular formula is C38H32N8Ru. The number of dihydropyridines is 1. The van der Waals surface area contributed by atoms with Crippen molar-refractivity contribution in [2.75, 3.05) is 6.54 Å². The maximum Gasteiger partial charge on any atom is 0.0976 e. The van der Waals surface area contributed by atoms with Gasteiger partial charge in [-0.1, -0.05) is 42.5 Å². The van der Waals surface area contributed by atoms with E-state index in [0.29, 0.717) is 5.92 Å². The number of benzene rings is 1. The number of pyridine rings is 4. The van der Waals surface area contributed by atoms with Crippen LogP contribution in [-0.4, -0.2) is 49.7 Å². The molecule has 0 amide bonds. The number of fused-ring (bicyclic) bond motifs is 12. The topological polar surface area (TPSA) is 101 Å². The van der Waals surface area contributed by atoms with E-state index < -0.39 is 0 Å². The molecule has 47 heavy (non-hydrogen) atoms. The number of aliphatic imine (C=N–C) groups is 3. The molecular weight excluding hydrogens is 670 g/mol. The normalized spacial score (nSPS) is 19.4. The molecule has 10 rings (SSSR count). The van der Waals surface area contributed by atoms with E-state index in [0.717, 1.165) is 76.0 Å². The molecule has 0 radical (unpaired) electrons. The predicted molar refractivity (Wildman–Crippen MR) is 184 cm³/mol. The first-order valence-corrected chi connectivity index (χ1v) is 15.8. The second-order valence-electron chi connectivity index (χ2n) is 11.6. The molecule has 232 valence electrons. The summed E-state index contributed by atoms with van der Waals surface area (Å²) in [6.45, 7) is 0.851. The first-order valence-electron chi connectivity index (χ1n) is 15.8. The molecule has 8 nitrogen and oxygen atoms in total. The number of hydrogen-bond donors (Lipinski definition) is 1. The van der Waals surface area contributed by atoms with E-state index in [2.05, 4.69) is 88.8 Å². The predicted octanol–water partition coefficient (Wildman–Crippen LogP) is 6.58. The van der Waals surface area contributed by atoms with Crippen molar-refractivity contribution in [2.45, 2.75) is 31.7 Å². The molecule has 0 saturated heterocycles. The van der Waals surface area contributed by atoms with Crippen LogP contribution in [0.4, 0.5) is 0 Å². The van der Waals surface area contributed by atoms with Gasteiger partial charge in [-0.2, -0.15) is 0 Å². The number of rotatable bonds is 0. The Kier molecular flexibility index (Phi) is 8.98. The number of aromatic nitrogens is 4. The van der Waals surface area contributed by atoms with Gasteiger partial charge >= 0.3 is 0 Å². The molecule has 3 aliphatic heterocycles. The Morgan fingerprint density at radius 3 is 2.21 bits per heavy atom. The maximum absolute atomic E-state index is 4.65. The third-order valence-electron chi connectivity index (χ3n) is 8.85. The van der Waals surface area contributed by atoms with Crippen molar-refractivity contribution in [1.82, 2.24) is 25.3 Å². The van der Waals surface area contributed by atoms with Gasteiger partial charge in [0, 0.05) is 97.2 Å². The Hall–Kier alpha value is -5.01. The van der Waals surface area contributed by atoms with Gasteiger partial charge in [0.2, 0.25) is 0 Å². The zero-order chi connectivity index (χ0) is 30.7. The van der Waals surface area contributed by atoms with Gasteiger partial charge in [0.1, 0.15) is 0 Å². The largest absolute Gasteiger partial charge is 0.377 e. The third-order valence-corrected chi connectivity index (χ3v) is 8.85. The quantitative estimate of drug-likeness (QED) is 0.145. The van der Waals surface area contributed by atoms with Gasteiger partial charge in [-0.3, -0.25) is 34.9 Å². The van der Waals surface area contributed by atoms with Crippen LogP contribution in [0.2, 0.25) is 0 Å². The van der Waals surface area contributed by atoms with E-state index >= 15 is 0 Å². The molecule has 9 heteroatoms. The van der Waals surface area contributed by atoms with Crippen molar-refractivity contribution in [2.24, 2.45) is 20.9 Å². The van der Waals surface area contributed by atoms with Crippen molar-refractivity contribution in [3.8, 4) is 0 Å². The van der Waals surface area contributed by atoms with Crippen LogP contribution in [0.3, 0.4) is 0 Å². The Balaban J connectivity index is 0.000000112. The minimum atomic E-state index is 0. The van der Waals surface area contributed by atoms with Crippen LogP contribution < -0.4 is 5.32 Å². The van der Waals surface area contributed by atoms with Gasteiger partial charge in [-0.15, -0.1) is 0 Å². The van der Waals surface area contributed by atoms with E-state index in [-0.39, 0.29) is 25.5 Å². The summed E-state index contributed by atoms with van der Waals surface area (Å²) >= 11 is 0. The molecule has 0 bridgehead atoms. The van der Waals surface area contributed by atoms with Gasteiger partial charge < -0.3 is 5.32 Å². The van der Waals surface area contributed by atoms with Crippen LogP contribution in [0.5, 0.6) is 0 Å². The summed E-state index contributed by atoms with van der Waals surface area (Å²) < 4.78 is 0. The van der Waals surface area contributed by atoms with Crippen molar-refractivity contribution < 1.29 is 19.5 Å². The minimum Gasteiger partial charge on any atom is -0.377 e. The van der Waals surface area contributed by atoms with Crippen molar-refractivity contribution in [3.05, 3.63) is 144 Å². The summed E-state index contributed by atoms with van der Waals surface area (Å²) in [6, 6.07) is 20.5. The fourth-order valence-corrected chi connectivity index (χ4v) is 6.69. The molecule has 7 heterocycles. The Morgan fingerprint density at radius 2 is 1.40 bits per heavy atom. The Morgan fingerprint density at radius 1 is 0.702 bits per heavy atom. The average molecular weight is 702 g/mol. The smallest absolute Gasteiger partial charge is 0.0976 e. The third kappa shape index (κ3) is 5.99. The van der Waals surface area contributed by atoms with Crippen LogP contribution >= 0.6 is 0 Å². The fraction of sp³-hybridized carbons (Fsp3) is 0.184. The first kappa shape index (κ1) is 30.6. The summed E-state index contributed by atoms with van der Waals surface area (Å²) in [4.78, 5) is 31.3. The second-order valence-corrected chi connectivity index (χ2v) is 11.6. The number of allylic oxidation sites excluding steroid dienone is 1. The summed E-state index contributed by atoms with van der Waals surface area (Å²) in [6.07, 6.45) is 21.8. The van der Waals surface area contributed by atoms with E-state index in [1.165, 1.54) is 23.3 Å². The summed E-state index contributed by atoms with van der Waals surface area (Å²) in [7, 11) is 0. The molecule has 5 aromatic rings. The van der Waals surface area contributed by atoms with Gasteiger partial charge in [0.05, 0.1) is 45.6 Å². The second kappa shape index (κ2) is 13.8. The standard InChI is InChI=1S/C14H12N4.C12H12N2.C12H8N2.Ru/c1-3-9-11(15-5-1)12-10(4-2-6-16-12)14-13(9)17-7-8-18-14;2*1-3-9-5-6-10-4-2-8-14-12(10)11(9)13-7-1;/h1,3-5,7-8,14,18H,2,6H2;1-3,7-8,10H,4-6H2;1-8H;/t14-;10-;;/m10../s1. The van der Waals surface area contributed by atoms with Crippen LogP contribution in [0.15, 0.2) is 137 Å².